The fourth-order valence-electron chi connectivity index (χ4n) is 2.09. The Balaban J connectivity index is 2.40. The number of benzene rings is 2. The molecule has 6 nitrogen and oxygen atoms in total. The normalized spacial score (nSPS) is 11.2. The Hall–Kier alpha value is -1.80. The molecule has 2 aromatic rings. The highest BCUT2D eigenvalue weighted by molar-refractivity contribution is 7.89. The van der Waals surface area contributed by atoms with Gasteiger partial charge in [-0.3, -0.25) is 4.79 Å². The number of hydrogen-bond donors (Lipinski definition) is 2. The first-order valence-electron chi connectivity index (χ1n) is 7.22. The summed E-state index contributed by atoms with van der Waals surface area (Å²) in [5, 5.41) is 3.30. The molecule has 1 amide bonds. The SMILES string of the molecule is CCNS(=O)(=O)c1ccc(OC)c(C(=O)Nc2ccc(Cl)cc2Cl)c1. The lowest BCUT2D eigenvalue weighted by atomic mass is 10.2. The summed E-state index contributed by atoms with van der Waals surface area (Å²) < 4.78 is 31.8. The number of carbonyl (C=O) groups excluding carboxylic acids is 1. The monoisotopic (exact) mass is 402 g/mol. The Labute approximate surface area is 156 Å². The molecule has 0 radical (unpaired) electrons. The molecule has 0 bridgehead atoms. The molecule has 2 aromatic carbocycles. The fourth-order valence-corrected chi connectivity index (χ4v) is 3.61. The van der Waals surface area contributed by atoms with Crippen molar-refractivity contribution in [2.45, 2.75) is 11.8 Å². The molecule has 0 spiro atoms. The van der Waals surface area contributed by atoms with Crippen LogP contribution >= 0.6 is 23.2 Å². The highest BCUT2D eigenvalue weighted by Gasteiger charge is 2.20. The van der Waals surface area contributed by atoms with Crippen LogP contribution in [0.15, 0.2) is 41.3 Å². The van der Waals surface area contributed by atoms with Crippen molar-refractivity contribution in [2.24, 2.45) is 0 Å². The standard InChI is InChI=1S/C16H16Cl2N2O4S/c1-3-19-25(22,23)11-5-7-15(24-2)12(9-11)16(21)20-14-6-4-10(17)8-13(14)18/h4-9,19H,3H2,1-2H3,(H,20,21). The molecule has 0 aliphatic carbocycles. The van der Waals surface area contributed by atoms with Gasteiger partial charge in [-0.15, -0.1) is 0 Å². The number of carbonyl (C=O) groups is 1. The Bertz CT molecular complexity index is 901. The zero-order valence-corrected chi connectivity index (χ0v) is 15.8. The van der Waals surface area contributed by atoms with Gasteiger partial charge in [0.25, 0.3) is 5.91 Å². The maximum Gasteiger partial charge on any atom is 0.259 e. The lowest BCUT2D eigenvalue weighted by Gasteiger charge is -2.12. The zero-order chi connectivity index (χ0) is 18.6. The van der Waals surface area contributed by atoms with Crippen molar-refractivity contribution in [3.8, 4) is 5.75 Å². The fraction of sp³-hybridized carbons (Fsp3) is 0.188. The van der Waals surface area contributed by atoms with Crippen molar-refractivity contribution >= 4 is 44.8 Å². The third kappa shape index (κ3) is 4.64. The van der Waals surface area contributed by atoms with E-state index in [2.05, 4.69) is 10.0 Å². The van der Waals surface area contributed by atoms with Gasteiger partial charge in [-0.05, 0) is 36.4 Å². The molecule has 134 valence electrons. The average Bonchev–Trinajstić information content (AvgIpc) is 2.56. The predicted molar refractivity (Wildman–Crippen MR) is 98.3 cm³/mol. The summed E-state index contributed by atoms with van der Waals surface area (Å²) in [7, 11) is -2.32. The van der Waals surface area contributed by atoms with Gasteiger partial charge in [-0.25, -0.2) is 13.1 Å². The van der Waals surface area contributed by atoms with Gasteiger partial charge in [0.1, 0.15) is 5.75 Å². The van der Waals surface area contributed by atoms with E-state index < -0.39 is 15.9 Å². The smallest absolute Gasteiger partial charge is 0.259 e. The third-order valence-corrected chi connectivity index (χ3v) is 5.33. The van der Waals surface area contributed by atoms with Crippen LogP contribution < -0.4 is 14.8 Å². The highest BCUT2D eigenvalue weighted by Crippen LogP contribution is 2.28. The van der Waals surface area contributed by atoms with E-state index in [1.807, 2.05) is 0 Å². The van der Waals surface area contributed by atoms with E-state index in [1.54, 1.807) is 19.1 Å². The van der Waals surface area contributed by atoms with Crippen LogP contribution in [0.2, 0.25) is 10.0 Å². The maximum absolute atomic E-state index is 12.6. The molecule has 0 saturated heterocycles. The molecule has 0 saturated carbocycles. The van der Waals surface area contributed by atoms with Crippen molar-refractivity contribution in [1.82, 2.24) is 4.72 Å². The molecule has 0 fully saturated rings. The number of rotatable bonds is 6. The van der Waals surface area contributed by atoms with E-state index in [0.29, 0.717) is 10.7 Å². The van der Waals surface area contributed by atoms with Crippen LogP contribution in [-0.4, -0.2) is 28.0 Å². The number of nitrogens with one attached hydrogen (secondary N) is 2. The first-order chi connectivity index (χ1) is 11.8. The molecular weight excluding hydrogens is 387 g/mol. The van der Waals surface area contributed by atoms with Gasteiger partial charge in [-0.1, -0.05) is 30.1 Å². The molecule has 0 heterocycles. The lowest BCUT2D eigenvalue weighted by molar-refractivity contribution is 0.102. The summed E-state index contributed by atoms with van der Waals surface area (Å²) in [4.78, 5) is 12.5. The van der Waals surface area contributed by atoms with Crippen LogP contribution in [0.3, 0.4) is 0 Å². The minimum atomic E-state index is -3.71. The zero-order valence-electron chi connectivity index (χ0n) is 13.5. The van der Waals surface area contributed by atoms with Gasteiger partial charge in [0.2, 0.25) is 10.0 Å². The van der Waals surface area contributed by atoms with E-state index >= 15 is 0 Å². The van der Waals surface area contributed by atoms with Crippen molar-refractivity contribution in [2.75, 3.05) is 19.0 Å². The average molecular weight is 403 g/mol. The molecule has 2 N–H and O–H groups in total. The van der Waals surface area contributed by atoms with Gasteiger partial charge in [-0.2, -0.15) is 0 Å². The van der Waals surface area contributed by atoms with E-state index in [-0.39, 0.29) is 27.8 Å². The van der Waals surface area contributed by atoms with Gasteiger partial charge >= 0.3 is 0 Å². The number of halogens is 2. The topological polar surface area (TPSA) is 84.5 Å². The Morgan fingerprint density at radius 1 is 1.16 bits per heavy atom. The van der Waals surface area contributed by atoms with Crippen molar-refractivity contribution in [1.29, 1.82) is 0 Å². The van der Waals surface area contributed by atoms with Crippen LogP contribution in [0, 0.1) is 0 Å². The summed E-state index contributed by atoms with van der Waals surface area (Å²) in [6, 6.07) is 8.64. The first-order valence-corrected chi connectivity index (χ1v) is 9.46. The third-order valence-electron chi connectivity index (χ3n) is 3.24. The number of sulfonamides is 1. The lowest BCUT2D eigenvalue weighted by Crippen LogP contribution is -2.24. The summed E-state index contributed by atoms with van der Waals surface area (Å²) in [5.74, 6) is -0.326. The van der Waals surface area contributed by atoms with Crippen molar-refractivity contribution in [3.63, 3.8) is 0 Å². The van der Waals surface area contributed by atoms with Crippen LogP contribution in [0.4, 0.5) is 5.69 Å². The molecule has 25 heavy (non-hydrogen) atoms. The van der Waals surface area contributed by atoms with Crippen molar-refractivity contribution < 1.29 is 17.9 Å². The van der Waals surface area contributed by atoms with Crippen molar-refractivity contribution in [3.05, 3.63) is 52.0 Å². The van der Waals surface area contributed by atoms with Gasteiger partial charge in [0.05, 0.1) is 28.3 Å². The van der Waals surface area contributed by atoms with E-state index in [0.717, 1.165) is 0 Å². The second kappa shape index (κ2) is 8.05. The van der Waals surface area contributed by atoms with Crippen LogP contribution in [0.5, 0.6) is 5.75 Å². The van der Waals surface area contributed by atoms with Gasteiger partial charge in [0, 0.05) is 11.6 Å². The number of methoxy groups -OCH3 is 1. The molecule has 0 aromatic heterocycles. The van der Waals surface area contributed by atoms with Gasteiger partial charge in [0.15, 0.2) is 0 Å². The molecule has 0 aliphatic heterocycles. The van der Waals surface area contributed by atoms with E-state index in [9.17, 15) is 13.2 Å². The Morgan fingerprint density at radius 2 is 1.88 bits per heavy atom. The number of hydrogen-bond acceptors (Lipinski definition) is 4. The van der Waals surface area contributed by atoms with E-state index in [4.69, 9.17) is 27.9 Å². The van der Waals surface area contributed by atoms with Crippen LogP contribution in [0.1, 0.15) is 17.3 Å². The molecule has 0 atom stereocenters. The summed E-state index contributed by atoms with van der Waals surface area (Å²) in [6.07, 6.45) is 0. The maximum atomic E-state index is 12.6. The Kier molecular flexibility index (Phi) is 6.29. The molecule has 0 aliphatic rings. The van der Waals surface area contributed by atoms with Crippen LogP contribution in [0.25, 0.3) is 0 Å². The second-order valence-corrected chi connectivity index (χ2v) is 7.55. The summed E-state index contributed by atoms with van der Waals surface area (Å²) >= 11 is 11.9. The largest absolute Gasteiger partial charge is 0.496 e. The quantitative estimate of drug-likeness (QED) is 0.773. The second-order valence-electron chi connectivity index (χ2n) is 4.94. The highest BCUT2D eigenvalue weighted by atomic mass is 35.5. The minimum absolute atomic E-state index is 0.0393. The molecule has 9 heteroatoms. The van der Waals surface area contributed by atoms with E-state index in [1.165, 1.54) is 31.4 Å². The minimum Gasteiger partial charge on any atom is -0.496 e. The van der Waals surface area contributed by atoms with Gasteiger partial charge < -0.3 is 10.1 Å². The Morgan fingerprint density at radius 3 is 2.48 bits per heavy atom. The summed E-state index contributed by atoms with van der Waals surface area (Å²) in [6.45, 7) is 1.90. The number of amides is 1. The molecular formula is C16H16Cl2N2O4S. The number of ether oxygens (including phenoxy) is 1. The van der Waals surface area contributed by atoms with Crippen LogP contribution in [-0.2, 0) is 10.0 Å². The molecule has 0 unspecified atom stereocenters. The first kappa shape index (κ1) is 19.5. The number of anilines is 1. The summed E-state index contributed by atoms with van der Waals surface area (Å²) in [5.41, 5.74) is 0.408. The molecule has 2 rings (SSSR count). The predicted octanol–water partition coefficient (Wildman–Crippen LogP) is 3.55.